The Balaban J connectivity index is 1.69. The number of aromatic nitrogens is 1. The first-order valence-corrected chi connectivity index (χ1v) is 7.37. The van der Waals surface area contributed by atoms with Crippen molar-refractivity contribution in [3.63, 3.8) is 0 Å². The second-order valence-corrected chi connectivity index (χ2v) is 6.11. The zero-order valence-electron chi connectivity index (χ0n) is 11.4. The molecule has 2 aliphatic rings. The van der Waals surface area contributed by atoms with Gasteiger partial charge in [0.15, 0.2) is 0 Å². The number of carbonyl (C=O) groups is 1. The number of hydrogen-bond donors (Lipinski definition) is 2. The lowest BCUT2D eigenvalue weighted by Crippen LogP contribution is -2.43. The number of nitrogens with one attached hydrogen (secondary N) is 1. The van der Waals surface area contributed by atoms with Crippen molar-refractivity contribution < 1.29 is 4.79 Å². The first-order valence-electron chi connectivity index (χ1n) is 7.37. The fourth-order valence-electron chi connectivity index (χ4n) is 3.49. The van der Waals surface area contributed by atoms with Crippen molar-refractivity contribution >= 4 is 5.91 Å². The van der Waals surface area contributed by atoms with Crippen LogP contribution in [0, 0.1) is 5.41 Å². The summed E-state index contributed by atoms with van der Waals surface area (Å²) < 4.78 is 0. The SMILES string of the molecule is NCC1(CC(=O)N2CCCC2c2ccc[nH]2)CCC1. The molecule has 1 aromatic heterocycles. The first kappa shape index (κ1) is 12.7. The van der Waals surface area contributed by atoms with Gasteiger partial charge in [0.1, 0.15) is 0 Å². The average Bonchev–Trinajstić information content (AvgIpc) is 3.02. The molecule has 1 saturated carbocycles. The van der Waals surface area contributed by atoms with Gasteiger partial charge in [0, 0.05) is 24.9 Å². The zero-order chi connectivity index (χ0) is 13.3. The Labute approximate surface area is 114 Å². The monoisotopic (exact) mass is 261 g/mol. The van der Waals surface area contributed by atoms with E-state index in [1.165, 1.54) is 12.1 Å². The minimum absolute atomic E-state index is 0.111. The van der Waals surface area contributed by atoms with Gasteiger partial charge >= 0.3 is 0 Å². The summed E-state index contributed by atoms with van der Waals surface area (Å²) in [5, 5.41) is 0. The first-order chi connectivity index (χ1) is 9.24. The van der Waals surface area contributed by atoms with Gasteiger partial charge in [-0.25, -0.2) is 0 Å². The third kappa shape index (κ3) is 2.29. The van der Waals surface area contributed by atoms with E-state index in [9.17, 15) is 4.79 Å². The average molecular weight is 261 g/mol. The fourth-order valence-corrected chi connectivity index (χ4v) is 3.49. The van der Waals surface area contributed by atoms with Crippen LogP contribution >= 0.6 is 0 Å². The van der Waals surface area contributed by atoms with E-state index in [1.54, 1.807) is 0 Å². The summed E-state index contributed by atoms with van der Waals surface area (Å²) in [5.74, 6) is 0.294. The maximum atomic E-state index is 12.6. The van der Waals surface area contributed by atoms with Crippen LogP contribution in [0.25, 0.3) is 0 Å². The molecule has 19 heavy (non-hydrogen) atoms. The molecule has 3 N–H and O–H groups in total. The minimum Gasteiger partial charge on any atom is -0.363 e. The van der Waals surface area contributed by atoms with Gasteiger partial charge in [-0.15, -0.1) is 0 Å². The van der Waals surface area contributed by atoms with Crippen molar-refractivity contribution in [2.75, 3.05) is 13.1 Å². The molecule has 2 heterocycles. The number of rotatable bonds is 4. The minimum atomic E-state index is 0.111. The quantitative estimate of drug-likeness (QED) is 0.872. The molecular formula is C15H23N3O. The number of carbonyl (C=O) groups excluding carboxylic acids is 1. The van der Waals surface area contributed by atoms with Crippen LogP contribution in [0.15, 0.2) is 18.3 Å². The Bertz CT molecular complexity index is 431. The highest BCUT2D eigenvalue weighted by Crippen LogP contribution is 2.44. The van der Waals surface area contributed by atoms with Crippen molar-refractivity contribution in [1.29, 1.82) is 0 Å². The topological polar surface area (TPSA) is 62.1 Å². The van der Waals surface area contributed by atoms with Gasteiger partial charge in [-0.05, 0) is 49.8 Å². The van der Waals surface area contributed by atoms with Crippen LogP contribution in [0.4, 0.5) is 0 Å². The van der Waals surface area contributed by atoms with Crippen molar-refractivity contribution in [3.05, 3.63) is 24.0 Å². The highest BCUT2D eigenvalue weighted by atomic mass is 16.2. The van der Waals surface area contributed by atoms with Crippen LogP contribution in [-0.2, 0) is 4.79 Å². The van der Waals surface area contributed by atoms with Gasteiger partial charge in [0.05, 0.1) is 6.04 Å². The summed E-state index contributed by atoms with van der Waals surface area (Å²) in [6.45, 7) is 1.54. The van der Waals surface area contributed by atoms with E-state index in [0.29, 0.717) is 18.9 Å². The Kier molecular flexibility index (Phi) is 3.35. The van der Waals surface area contributed by atoms with Crippen LogP contribution in [0.5, 0.6) is 0 Å². The molecule has 4 heteroatoms. The molecule has 104 valence electrons. The van der Waals surface area contributed by atoms with Gasteiger partial charge in [-0.3, -0.25) is 4.79 Å². The molecule has 1 atom stereocenters. The Hall–Kier alpha value is -1.29. The number of nitrogens with two attached hydrogens (primary N) is 1. The maximum absolute atomic E-state index is 12.6. The Morgan fingerprint density at radius 1 is 1.47 bits per heavy atom. The highest BCUT2D eigenvalue weighted by molar-refractivity contribution is 5.78. The van der Waals surface area contributed by atoms with Crippen LogP contribution in [0.1, 0.15) is 50.3 Å². The number of likely N-dealkylation sites (tertiary alicyclic amines) is 1. The lowest BCUT2D eigenvalue weighted by atomic mass is 9.66. The highest BCUT2D eigenvalue weighted by Gasteiger charge is 2.40. The third-order valence-electron chi connectivity index (χ3n) is 4.93. The molecule has 1 aliphatic heterocycles. The van der Waals surface area contributed by atoms with Crippen molar-refractivity contribution in [2.45, 2.75) is 44.6 Å². The van der Waals surface area contributed by atoms with Gasteiger partial charge in [0.25, 0.3) is 0 Å². The van der Waals surface area contributed by atoms with Crippen LogP contribution in [0.2, 0.25) is 0 Å². The van der Waals surface area contributed by atoms with Crippen LogP contribution in [-0.4, -0.2) is 28.9 Å². The molecule has 0 radical (unpaired) electrons. The molecule has 1 aliphatic carbocycles. The summed E-state index contributed by atoms with van der Waals surface area (Å²) in [7, 11) is 0. The molecule has 0 aromatic carbocycles. The van der Waals surface area contributed by atoms with E-state index in [1.807, 2.05) is 12.3 Å². The fraction of sp³-hybridized carbons (Fsp3) is 0.667. The van der Waals surface area contributed by atoms with E-state index >= 15 is 0 Å². The lowest BCUT2D eigenvalue weighted by molar-refractivity contribution is -0.136. The molecule has 4 nitrogen and oxygen atoms in total. The summed E-state index contributed by atoms with van der Waals surface area (Å²) in [4.78, 5) is 17.9. The molecular weight excluding hydrogens is 238 g/mol. The normalized spacial score (nSPS) is 25.3. The van der Waals surface area contributed by atoms with E-state index < -0.39 is 0 Å². The van der Waals surface area contributed by atoms with Crippen molar-refractivity contribution in [1.82, 2.24) is 9.88 Å². The van der Waals surface area contributed by atoms with Crippen LogP contribution in [0.3, 0.4) is 0 Å². The standard InChI is InChI=1S/C15H23N3O/c16-11-15(6-3-7-15)10-14(19)18-9-2-5-13(18)12-4-1-8-17-12/h1,4,8,13,17H,2-3,5-7,9-11,16H2. The summed E-state index contributed by atoms with van der Waals surface area (Å²) in [6, 6.07) is 4.33. The molecule has 1 saturated heterocycles. The van der Waals surface area contributed by atoms with Gasteiger partial charge in [-0.2, -0.15) is 0 Å². The number of hydrogen-bond acceptors (Lipinski definition) is 2. The van der Waals surface area contributed by atoms with Gasteiger partial charge < -0.3 is 15.6 Å². The molecule has 2 fully saturated rings. The van der Waals surface area contributed by atoms with E-state index in [2.05, 4.69) is 16.0 Å². The third-order valence-corrected chi connectivity index (χ3v) is 4.93. The van der Waals surface area contributed by atoms with Gasteiger partial charge in [-0.1, -0.05) is 6.42 Å². The summed E-state index contributed by atoms with van der Waals surface area (Å²) in [6.07, 6.45) is 8.22. The predicted octanol–water partition coefficient (Wildman–Crippen LogP) is 2.20. The largest absolute Gasteiger partial charge is 0.363 e. The Morgan fingerprint density at radius 2 is 2.32 bits per heavy atom. The van der Waals surface area contributed by atoms with Crippen molar-refractivity contribution in [3.8, 4) is 0 Å². The number of amides is 1. The Morgan fingerprint density at radius 3 is 2.89 bits per heavy atom. The summed E-state index contributed by atoms with van der Waals surface area (Å²) >= 11 is 0. The zero-order valence-corrected chi connectivity index (χ0v) is 11.4. The van der Waals surface area contributed by atoms with E-state index in [0.717, 1.165) is 32.2 Å². The van der Waals surface area contributed by atoms with Crippen LogP contribution < -0.4 is 5.73 Å². The summed E-state index contributed by atoms with van der Waals surface area (Å²) in [5.41, 5.74) is 7.15. The molecule has 1 amide bonds. The number of H-pyrrole nitrogens is 1. The second kappa shape index (κ2) is 5.00. The molecule has 1 unspecified atom stereocenters. The molecule has 1 aromatic rings. The predicted molar refractivity (Wildman–Crippen MR) is 74.4 cm³/mol. The smallest absolute Gasteiger partial charge is 0.223 e. The second-order valence-electron chi connectivity index (χ2n) is 6.11. The maximum Gasteiger partial charge on any atom is 0.223 e. The van der Waals surface area contributed by atoms with E-state index in [-0.39, 0.29) is 11.5 Å². The van der Waals surface area contributed by atoms with E-state index in [4.69, 9.17) is 5.73 Å². The molecule has 0 spiro atoms. The van der Waals surface area contributed by atoms with Gasteiger partial charge in [0.2, 0.25) is 5.91 Å². The van der Waals surface area contributed by atoms with Crippen molar-refractivity contribution in [2.24, 2.45) is 11.1 Å². The molecule has 3 rings (SSSR count). The number of aromatic amines is 1. The molecule has 0 bridgehead atoms. The number of nitrogens with zero attached hydrogens (tertiary/aromatic N) is 1. The lowest BCUT2D eigenvalue weighted by Gasteiger charge is -2.41.